The normalized spacial score (nSPS) is 15.5. The number of amides is 1. The van der Waals surface area contributed by atoms with E-state index in [1.165, 1.54) is 0 Å². The highest BCUT2D eigenvalue weighted by Crippen LogP contribution is 2.28. The quantitative estimate of drug-likeness (QED) is 0.718. The molecule has 0 spiro atoms. The molecule has 0 radical (unpaired) electrons. The summed E-state index contributed by atoms with van der Waals surface area (Å²) < 4.78 is 5.21. The van der Waals surface area contributed by atoms with Crippen LogP contribution in [0.3, 0.4) is 0 Å². The number of nitrogens with zero attached hydrogens (tertiary/aromatic N) is 3. The standard InChI is InChI=1S/C23H27N3O2/c1-16(2)25(17(3)4)23-24-21(15-18-11-13-20(28-5)14-12-18)22(27)26(23)19-9-7-6-8-10-19/h6-17H,1-5H3/b21-15-. The number of carbonyl (C=O) groups is 1. The van der Waals surface area contributed by atoms with Crippen molar-refractivity contribution < 1.29 is 9.53 Å². The summed E-state index contributed by atoms with van der Waals surface area (Å²) in [6, 6.07) is 17.7. The van der Waals surface area contributed by atoms with Crippen LogP contribution in [0.4, 0.5) is 5.69 Å². The summed E-state index contributed by atoms with van der Waals surface area (Å²) in [6.07, 6.45) is 1.82. The van der Waals surface area contributed by atoms with E-state index >= 15 is 0 Å². The largest absolute Gasteiger partial charge is 0.497 e. The Morgan fingerprint density at radius 1 is 0.964 bits per heavy atom. The maximum Gasteiger partial charge on any atom is 0.283 e. The molecular weight excluding hydrogens is 350 g/mol. The third-order valence-corrected chi connectivity index (χ3v) is 4.62. The molecule has 5 heteroatoms. The minimum absolute atomic E-state index is 0.122. The van der Waals surface area contributed by atoms with E-state index in [1.54, 1.807) is 12.0 Å². The average molecular weight is 377 g/mol. The number of carbonyl (C=O) groups excluding carboxylic acids is 1. The fourth-order valence-corrected chi connectivity index (χ4v) is 3.40. The lowest BCUT2D eigenvalue weighted by Gasteiger charge is -2.35. The summed E-state index contributed by atoms with van der Waals surface area (Å²) >= 11 is 0. The molecule has 0 aliphatic carbocycles. The summed E-state index contributed by atoms with van der Waals surface area (Å²) in [5.41, 5.74) is 2.15. The smallest absolute Gasteiger partial charge is 0.283 e. The lowest BCUT2D eigenvalue weighted by atomic mass is 10.2. The first-order chi connectivity index (χ1) is 13.4. The molecule has 0 aromatic heterocycles. The molecule has 3 rings (SSSR count). The molecule has 0 N–H and O–H groups in total. The monoisotopic (exact) mass is 377 g/mol. The first-order valence-electron chi connectivity index (χ1n) is 9.54. The van der Waals surface area contributed by atoms with Gasteiger partial charge in [0.2, 0.25) is 5.96 Å². The van der Waals surface area contributed by atoms with Crippen LogP contribution in [0.1, 0.15) is 33.3 Å². The SMILES string of the molecule is COc1ccc(/C=C2\N=C(N(C(C)C)C(C)C)N(c3ccccc3)C2=O)cc1. The molecule has 0 saturated carbocycles. The van der Waals surface area contributed by atoms with Crippen molar-refractivity contribution in [2.45, 2.75) is 39.8 Å². The summed E-state index contributed by atoms with van der Waals surface area (Å²) in [7, 11) is 1.63. The topological polar surface area (TPSA) is 45.1 Å². The van der Waals surface area contributed by atoms with Gasteiger partial charge in [0, 0.05) is 12.1 Å². The Hall–Kier alpha value is -3.08. The highest BCUT2D eigenvalue weighted by molar-refractivity contribution is 6.28. The number of hydrogen-bond acceptors (Lipinski definition) is 4. The van der Waals surface area contributed by atoms with E-state index < -0.39 is 0 Å². The molecule has 1 heterocycles. The number of rotatable bonds is 5. The first kappa shape index (κ1) is 19.7. The molecule has 2 aromatic rings. The molecule has 1 aliphatic rings. The van der Waals surface area contributed by atoms with Crippen LogP contribution in [-0.4, -0.2) is 36.0 Å². The van der Waals surface area contributed by atoms with Gasteiger partial charge >= 0.3 is 0 Å². The van der Waals surface area contributed by atoms with E-state index in [-0.39, 0.29) is 18.0 Å². The molecule has 0 atom stereocenters. The van der Waals surface area contributed by atoms with Crippen molar-refractivity contribution in [3.05, 3.63) is 65.9 Å². The van der Waals surface area contributed by atoms with Crippen molar-refractivity contribution in [2.24, 2.45) is 4.99 Å². The van der Waals surface area contributed by atoms with Crippen LogP contribution < -0.4 is 9.64 Å². The summed E-state index contributed by atoms with van der Waals surface area (Å²) in [6.45, 7) is 8.45. The molecule has 5 nitrogen and oxygen atoms in total. The van der Waals surface area contributed by atoms with Crippen molar-refractivity contribution in [3.8, 4) is 5.75 Å². The predicted octanol–water partition coefficient (Wildman–Crippen LogP) is 4.56. The summed E-state index contributed by atoms with van der Waals surface area (Å²) in [5.74, 6) is 1.32. The highest BCUT2D eigenvalue weighted by atomic mass is 16.5. The van der Waals surface area contributed by atoms with Gasteiger partial charge in [0.15, 0.2) is 0 Å². The van der Waals surface area contributed by atoms with Crippen LogP contribution in [0.25, 0.3) is 6.08 Å². The van der Waals surface area contributed by atoms with E-state index in [0.717, 1.165) is 17.0 Å². The van der Waals surface area contributed by atoms with Gasteiger partial charge in [0.1, 0.15) is 11.4 Å². The fraction of sp³-hybridized carbons (Fsp3) is 0.304. The van der Waals surface area contributed by atoms with Gasteiger partial charge in [-0.15, -0.1) is 0 Å². The zero-order valence-corrected chi connectivity index (χ0v) is 17.1. The maximum absolute atomic E-state index is 13.3. The minimum Gasteiger partial charge on any atom is -0.497 e. The van der Waals surface area contributed by atoms with Crippen LogP contribution in [0.2, 0.25) is 0 Å². The second-order valence-corrected chi connectivity index (χ2v) is 7.29. The number of benzene rings is 2. The van der Waals surface area contributed by atoms with Crippen molar-refractivity contribution in [1.82, 2.24) is 4.90 Å². The van der Waals surface area contributed by atoms with Gasteiger partial charge in [-0.2, -0.15) is 0 Å². The number of anilines is 1. The second kappa shape index (κ2) is 8.30. The van der Waals surface area contributed by atoms with Gasteiger partial charge in [0.25, 0.3) is 5.91 Å². The Bertz CT molecular complexity index is 876. The zero-order valence-electron chi connectivity index (χ0n) is 17.1. The number of hydrogen-bond donors (Lipinski definition) is 0. The zero-order chi connectivity index (χ0) is 20.3. The summed E-state index contributed by atoms with van der Waals surface area (Å²) in [4.78, 5) is 21.9. The minimum atomic E-state index is -0.122. The van der Waals surface area contributed by atoms with Crippen LogP contribution in [0.5, 0.6) is 5.75 Å². The van der Waals surface area contributed by atoms with Crippen molar-refractivity contribution >= 4 is 23.6 Å². The molecule has 1 aliphatic heterocycles. The molecule has 1 amide bonds. The summed E-state index contributed by atoms with van der Waals surface area (Å²) in [5, 5.41) is 0. The van der Waals surface area contributed by atoms with E-state index in [1.807, 2.05) is 60.7 Å². The van der Waals surface area contributed by atoms with E-state index in [0.29, 0.717) is 11.7 Å². The van der Waals surface area contributed by atoms with Gasteiger partial charge < -0.3 is 9.64 Å². The Morgan fingerprint density at radius 3 is 2.11 bits per heavy atom. The predicted molar refractivity (Wildman–Crippen MR) is 114 cm³/mol. The second-order valence-electron chi connectivity index (χ2n) is 7.29. The molecule has 0 unspecified atom stereocenters. The third kappa shape index (κ3) is 3.93. The van der Waals surface area contributed by atoms with Crippen molar-refractivity contribution in [3.63, 3.8) is 0 Å². The number of methoxy groups -OCH3 is 1. The lowest BCUT2D eigenvalue weighted by molar-refractivity contribution is -0.113. The lowest BCUT2D eigenvalue weighted by Crippen LogP contribution is -2.50. The van der Waals surface area contributed by atoms with Crippen LogP contribution in [0, 0.1) is 0 Å². The number of aliphatic imine (C=N–C) groups is 1. The van der Waals surface area contributed by atoms with E-state index in [2.05, 4.69) is 32.6 Å². The van der Waals surface area contributed by atoms with Crippen LogP contribution in [-0.2, 0) is 4.79 Å². The first-order valence-corrected chi connectivity index (χ1v) is 9.54. The molecule has 0 saturated heterocycles. The molecule has 0 fully saturated rings. The molecule has 28 heavy (non-hydrogen) atoms. The van der Waals surface area contributed by atoms with Gasteiger partial charge in [-0.05, 0) is 63.6 Å². The maximum atomic E-state index is 13.3. The van der Waals surface area contributed by atoms with Gasteiger partial charge in [-0.25, -0.2) is 9.89 Å². The van der Waals surface area contributed by atoms with Gasteiger partial charge in [0.05, 0.1) is 12.8 Å². The fourth-order valence-electron chi connectivity index (χ4n) is 3.40. The Morgan fingerprint density at radius 2 is 1.57 bits per heavy atom. The van der Waals surface area contributed by atoms with Crippen molar-refractivity contribution in [2.75, 3.05) is 12.0 Å². The Labute approximate surface area is 166 Å². The number of para-hydroxylation sites is 1. The van der Waals surface area contributed by atoms with E-state index in [9.17, 15) is 4.79 Å². The molecule has 146 valence electrons. The average Bonchev–Trinajstić information content (AvgIpc) is 2.98. The Kier molecular flexibility index (Phi) is 5.83. The number of ether oxygens (including phenoxy) is 1. The van der Waals surface area contributed by atoms with Crippen molar-refractivity contribution in [1.29, 1.82) is 0 Å². The van der Waals surface area contributed by atoms with Gasteiger partial charge in [-0.3, -0.25) is 4.79 Å². The third-order valence-electron chi connectivity index (χ3n) is 4.62. The molecule has 2 aromatic carbocycles. The number of guanidine groups is 1. The van der Waals surface area contributed by atoms with Gasteiger partial charge in [-0.1, -0.05) is 30.3 Å². The molecule has 0 bridgehead atoms. The molecular formula is C23H27N3O2. The van der Waals surface area contributed by atoms with Crippen LogP contribution >= 0.6 is 0 Å². The highest BCUT2D eigenvalue weighted by Gasteiger charge is 2.36. The van der Waals surface area contributed by atoms with Crippen LogP contribution in [0.15, 0.2) is 65.3 Å². The Balaban J connectivity index is 2.06. The van der Waals surface area contributed by atoms with E-state index in [4.69, 9.17) is 9.73 Å².